The van der Waals surface area contributed by atoms with Crippen molar-refractivity contribution in [1.29, 1.82) is 0 Å². The Morgan fingerprint density at radius 1 is 0.719 bits per heavy atom. The molecule has 492 valence electrons. The van der Waals surface area contributed by atoms with Gasteiger partial charge in [-0.05, 0) is 211 Å². The fourth-order valence-corrected chi connectivity index (χ4v) is 16.8. The lowest BCUT2D eigenvalue weighted by Crippen LogP contribution is -2.53. The van der Waals surface area contributed by atoms with Gasteiger partial charge in [-0.1, -0.05) is 167 Å². The van der Waals surface area contributed by atoms with Crippen LogP contribution in [0.1, 0.15) is 185 Å². The maximum atomic E-state index is 13.8. The fraction of sp³-hybridized carbons (Fsp3) is 0.605. The molecule has 8 aliphatic rings. The third kappa shape index (κ3) is 17.4. The summed E-state index contributed by atoms with van der Waals surface area (Å²) >= 11 is 0. The summed E-state index contributed by atoms with van der Waals surface area (Å²) in [5.74, 6) is 2.75. The van der Waals surface area contributed by atoms with Crippen LogP contribution in [-0.4, -0.2) is 115 Å². The predicted octanol–water partition coefficient (Wildman–Crippen LogP) is 18.6. The zero-order chi connectivity index (χ0) is 64.3. The highest BCUT2D eigenvalue weighted by molar-refractivity contribution is 5.54. The fourth-order valence-electron chi connectivity index (χ4n) is 16.8. The van der Waals surface area contributed by atoms with Crippen molar-refractivity contribution >= 4 is 0 Å². The quantitative estimate of drug-likeness (QED) is 0.0849. The van der Waals surface area contributed by atoms with Crippen LogP contribution in [0.2, 0.25) is 0 Å². The minimum absolute atomic E-state index is 0. The van der Waals surface area contributed by atoms with Gasteiger partial charge in [-0.15, -0.1) is 0 Å². The average Bonchev–Trinajstić information content (AvgIpc) is 1.62. The number of rotatable bonds is 23. The summed E-state index contributed by atoms with van der Waals surface area (Å²) < 4.78 is 13.8. The maximum Gasteiger partial charge on any atom is 0.123 e. The van der Waals surface area contributed by atoms with Crippen molar-refractivity contribution in [2.45, 2.75) is 203 Å². The number of nitrogens with one attached hydrogen (secondary N) is 2. The lowest BCUT2D eigenvalue weighted by atomic mass is 9.78. The van der Waals surface area contributed by atoms with Crippen LogP contribution >= 0.6 is 0 Å². The summed E-state index contributed by atoms with van der Waals surface area (Å²) in [6.07, 6.45) is 24.4. The number of benzene rings is 2. The number of piperazine rings is 1. The van der Waals surface area contributed by atoms with E-state index in [4.69, 9.17) is 19.7 Å². The highest BCUT2D eigenvalue weighted by atomic mass is 19.1. The van der Waals surface area contributed by atoms with Gasteiger partial charge in [0.2, 0.25) is 0 Å². The second kappa shape index (κ2) is 31.6. The Morgan fingerprint density at radius 2 is 1.38 bits per heavy atom. The van der Waals surface area contributed by atoms with Gasteiger partial charge >= 0.3 is 0 Å². The Labute approximate surface area is 546 Å². The smallest absolute Gasteiger partial charge is 0.123 e. The lowest BCUT2D eigenvalue weighted by Gasteiger charge is -2.44. The molecule has 7 nitrogen and oxygen atoms in total. The first kappa shape index (κ1) is 69.9. The van der Waals surface area contributed by atoms with Gasteiger partial charge < -0.3 is 30.2 Å². The first-order valence-electron chi connectivity index (χ1n) is 35.6. The van der Waals surface area contributed by atoms with Gasteiger partial charge in [0, 0.05) is 126 Å². The molecule has 0 aromatic heterocycles. The molecule has 3 unspecified atom stereocenters. The number of piperidine rings is 3. The zero-order valence-electron chi connectivity index (χ0n) is 58.3. The number of aryl methyl sites for hydroxylation is 1. The van der Waals surface area contributed by atoms with Crippen molar-refractivity contribution in [1.82, 2.24) is 35.1 Å². The minimum atomic E-state index is -0.190. The normalized spacial score (nSPS) is 26.4. The molecule has 2 aromatic carbocycles. The van der Waals surface area contributed by atoms with Gasteiger partial charge in [0.15, 0.2) is 0 Å². The summed E-state index contributed by atoms with van der Waals surface area (Å²) in [6, 6.07) is 17.6. The molecule has 89 heavy (non-hydrogen) atoms. The number of likely N-dealkylation sites (N-methyl/N-ethyl adjacent to an activating group) is 1. The number of hydrogen-bond donors (Lipinski definition) is 2. The molecule has 0 bridgehead atoms. The van der Waals surface area contributed by atoms with E-state index in [0.29, 0.717) is 41.8 Å². The summed E-state index contributed by atoms with van der Waals surface area (Å²) in [4.78, 5) is 13.2. The van der Waals surface area contributed by atoms with Crippen LogP contribution in [0.4, 0.5) is 4.39 Å². The standard InChI is InChI=1S/C77H110FN7.2C2H6.2H2/c1-52-21-23-61(24-22-52)42-66-44-71-72(46-76(10,11)75(71)81(14)60(66)9)55(4)49-84-36-32-79-48-70(84)43-63-29-33-82(34-30-63)57(6)20-18-16-15-17-19-53(2)64-31-35-83(58(7)39-64)50-68-47-80-56(5)38-67(68)40-59(8)85-51-77(12,13)73-37-54(3)65(45-74(73)85)41-62-25-27-69(78)28-26-62;2*1-2;;/h21-28,44-45,56,58,63-64,67-68,70,72,79-80H,2-4,6,8-9,15-20,29-43,46-51H2,1,5,7,10-14H3;2*1-2H3;2*1H/t56-,58-,64?,67?,68-,70+,72?;;;;/m1..../s1. The van der Waals surface area contributed by atoms with E-state index in [0.717, 1.165) is 115 Å². The molecule has 2 aliphatic carbocycles. The molecular weight excluding hydrogens is 1090 g/mol. The Balaban J connectivity index is 0.00000215. The maximum absolute atomic E-state index is 13.8. The molecular formula is C81H126FN7. The van der Waals surface area contributed by atoms with E-state index >= 15 is 0 Å². The second-order valence-corrected chi connectivity index (χ2v) is 29.6. The van der Waals surface area contributed by atoms with Crippen molar-refractivity contribution in [2.24, 2.45) is 40.4 Å². The average molecular weight is 1220 g/mol. The predicted molar refractivity (Wildman–Crippen MR) is 384 cm³/mol. The van der Waals surface area contributed by atoms with Gasteiger partial charge in [0.05, 0.1) is 0 Å². The Hall–Kier alpha value is -4.99. The van der Waals surface area contributed by atoms with Crippen LogP contribution in [0.15, 0.2) is 168 Å². The molecule has 0 saturated carbocycles. The van der Waals surface area contributed by atoms with Crippen molar-refractivity contribution in [2.75, 3.05) is 72.5 Å². The number of nitrogens with zero attached hydrogens (tertiary/aromatic N) is 5. The first-order valence-corrected chi connectivity index (χ1v) is 35.6. The highest BCUT2D eigenvalue weighted by Gasteiger charge is 2.45. The molecule has 7 atom stereocenters. The summed E-state index contributed by atoms with van der Waals surface area (Å²) in [6.45, 7) is 63.7. The largest absolute Gasteiger partial charge is 0.375 e. The summed E-state index contributed by atoms with van der Waals surface area (Å²) in [7, 11) is 2.24. The van der Waals surface area contributed by atoms with Crippen LogP contribution in [0.3, 0.4) is 0 Å². The molecule has 4 saturated heterocycles. The molecule has 10 rings (SSSR count). The monoisotopic (exact) mass is 1220 g/mol. The van der Waals surface area contributed by atoms with Crippen molar-refractivity contribution in [3.8, 4) is 0 Å². The topological polar surface area (TPSA) is 40.3 Å². The number of unbranched alkanes of at least 4 members (excludes halogenated alkanes) is 3. The van der Waals surface area contributed by atoms with Crippen LogP contribution in [0.25, 0.3) is 0 Å². The van der Waals surface area contributed by atoms with Crippen molar-refractivity contribution in [3.63, 3.8) is 0 Å². The lowest BCUT2D eigenvalue weighted by molar-refractivity contribution is 0.0796. The van der Waals surface area contributed by atoms with Crippen LogP contribution in [-0.2, 0) is 12.8 Å². The number of allylic oxidation sites excluding steroid dienone is 10. The van der Waals surface area contributed by atoms with E-state index in [9.17, 15) is 4.39 Å². The number of halogens is 1. The van der Waals surface area contributed by atoms with E-state index in [1.165, 1.54) is 150 Å². The molecule has 0 spiro atoms. The molecule has 0 amide bonds. The second-order valence-electron chi connectivity index (χ2n) is 29.6. The highest BCUT2D eigenvalue weighted by Crippen LogP contribution is 2.54. The van der Waals surface area contributed by atoms with E-state index in [1.54, 1.807) is 12.1 Å². The molecule has 0 radical (unpaired) electrons. The molecule has 6 aliphatic heterocycles. The van der Waals surface area contributed by atoms with Gasteiger partial charge in [0.25, 0.3) is 0 Å². The molecule has 2 N–H and O–H groups in total. The molecule has 2 aromatic rings. The Morgan fingerprint density at radius 3 is 2.07 bits per heavy atom. The number of likely N-dealkylation sites (tertiary alicyclic amines) is 2. The van der Waals surface area contributed by atoms with Crippen molar-refractivity contribution < 1.29 is 7.24 Å². The molecule has 6 heterocycles. The zero-order valence-corrected chi connectivity index (χ0v) is 58.3. The Kier molecular flexibility index (Phi) is 24.8. The third-order valence-corrected chi connectivity index (χ3v) is 22.1. The van der Waals surface area contributed by atoms with Gasteiger partial charge in [0.1, 0.15) is 5.82 Å². The summed E-state index contributed by atoms with van der Waals surface area (Å²) in [5.41, 5.74) is 20.0. The Bertz CT molecular complexity index is 2930. The van der Waals surface area contributed by atoms with Crippen LogP contribution in [0.5, 0.6) is 0 Å². The van der Waals surface area contributed by atoms with Gasteiger partial charge in [-0.2, -0.15) is 0 Å². The van der Waals surface area contributed by atoms with E-state index in [1.807, 2.05) is 39.8 Å². The SMILES string of the molecule is C=C1CC2=C(C=C1Cc1ccc(F)cc1)N(C(=C)CC1C[C@@H](C)NC[C@@H]1CN1CCC(C(=C)CCCCCCC(=C)N3CCC(C[C@H]4CNCCN4CC(=C)C4CC(C)(C)C5=C4C=C(Cc4ccc(C)cc4)C(=C)N5C)CC3)C[C@H]1C)CC2(C)C.CC.CC.[HH].[HH]. The van der Waals surface area contributed by atoms with Crippen LogP contribution < -0.4 is 10.6 Å². The van der Waals surface area contributed by atoms with Gasteiger partial charge in [-0.3, -0.25) is 4.90 Å². The van der Waals surface area contributed by atoms with Crippen molar-refractivity contribution in [3.05, 3.63) is 190 Å². The third-order valence-electron chi connectivity index (χ3n) is 22.1. The van der Waals surface area contributed by atoms with E-state index in [2.05, 4.69) is 147 Å². The number of hydrogen-bond acceptors (Lipinski definition) is 7. The molecule has 4 fully saturated rings. The molecule has 8 heteroatoms. The van der Waals surface area contributed by atoms with Crippen LogP contribution in [0, 0.1) is 53.2 Å². The first-order chi connectivity index (χ1) is 42.6. The van der Waals surface area contributed by atoms with E-state index < -0.39 is 0 Å². The minimum Gasteiger partial charge on any atom is -0.375 e. The van der Waals surface area contributed by atoms with Gasteiger partial charge in [-0.25, -0.2) is 4.39 Å². The van der Waals surface area contributed by atoms with E-state index in [-0.39, 0.29) is 19.5 Å². The summed E-state index contributed by atoms with van der Waals surface area (Å²) in [5, 5.41) is 7.66.